The van der Waals surface area contributed by atoms with E-state index in [9.17, 15) is 0 Å². The van der Waals surface area contributed by atoms with Gasteiger partial charge in [0.25, 0.3) is 0 Å². The largest absolute Gasteiger partial charge is 0.398 e. The number of hydrogen-bond donors (Lipinski definition) is 1. The lowest BCUT2D eigenvalue weighted by molar-refractivity contribution is 1.58. The number of fused-ring (bicyclic) bond motifs is 2. The van der Waals surface area contributed by atoms with Crippen molar-refractivity contribution in [2.45, 2.75) is 0 Å². The third-order valence-electron chi connectivity index (χ3n) is 7.64. The highest BCUT2D eigenvalue weighted by Gasteiger charge is 2.24. The summed E-state index contributed by atoms with van der Waals surface area (Å²) in [6, 6.07) is 53.6. The second kappa shape index (κ2) is 9.63. The molecular weight excluding hydrogens is 470 g/mol. The maximum Gasteiger partial charge on any atom is 0.0486 e. The van der Waals surface area contributed by atoms with Crippen LogP contribution in [-0.2, 0) is 0 Å². The predicted molar refractivity (Wildman–Crippen MR) is 168 cm³/mol. The zero-order valence-electron chi connectivity index (χ0n) is 21.5. The van der Waals surface area contributed by atoms with Gasteiger partial charge in [0.15, 0.2) is 0 Å². The molecule has 7 aromatic rings. The van der Waals surface area contributed by atoms with Crippen LogP contribution in [0.5, 0.6) is 0 Å². The molecule has 0 fully saturated rings. The lowest BCUT2D eigenvalue weighted by Crippen LogP contribution is -2.01. The topological polar surface area (TPSA) is 26.0 Å². The van der Waals surface area contributed by atoms with Crippen molar-refractivity contribution in [1.29, 1.82) is 0 Å². The van der Waals surface area contributed by atoms with Crippen molar-refractivity contribution >= 4 is 27.2 Å². The highest BCUT2D eigenvalue weighted by atomic mass is 14.6. The van der Waals surface area contributed by atoms with Crippen molar-refractivity contribution in [2.75, 3.05) is 5.73 Å². The minimum absolute atomic E-state index is 0.800. The third kappa shape index (κ3) is 3.88. The molecule has 0 saturated heterocycles. The molecule has 0 aromatic heterocycles. The van der Waals surface area contributed by atoms with Gasteiger partial charge in [-0.2, -0.15) is 0 Å². The van der Waals surface area contributed by atoms with Crippen molar-refractivity contribution in [2.24, 2.45) is 0 Å². The normalized spacial score (nSPS) is 11.2. The summed E-state index contributed by atoms with van der Waals surface area (Å²) in [5.74, 6) is 0. The smallest absolute Gasteiger partial charge is 0.0486 e. The van der Waals surface area contributed by atoms with E-state index in [1.54, 1.807) is 0 Å². The summed E-state index contributed by atoms with van der Waals surface area (Å²) in [7, 11) is 0. The maximum atomic E-state index is 7.33. The van der Waals surface area contributed by atoms with Gasteiger partial charge in [-0.1, -0.05) is 152 Å². The van der Waals surface area contributed by atoms with Crippen molar-refractivity contribution in [3.63, 3.8) is 0 Å². The molecule has 2 N–H and O–H groups in total. The summed E-state index contributed by atoms with van der Waals surface area (Å²) < 4.78 is 0. The molecule has 0 atom stereocenters. The van der Waals surface area contributed by atoms with Gasteiger partial charge in [0.1, 0.15) is 0 Å². The van der Waals surface area contributed by atoms with E-state index < -0.39 is 0 Å². The fourth-order valence-corrected chi connectivity index (χ4v) is 5.95. The quantitative estimate of drug-likeness (QED) is 0.241. The number of nitrogen functional groups attached to an aromatic ring is 1. The van der Waals surface area contributed by atoms with Crippen LogP contribution >= 0.6 is 0 Å². The molecule has 0 bridgehead atoms. The molecule has 0 aliphatic carbocycles. The Hall–Kier alpha value is -5.14. The fourth-order valence-electron chi connectivity index (χ4n) is 5.95. The van der Waals surface area contributed by atoms with E-state index in [2.05, 4.69) is 152 Å². The monoisotopic (exact) mass is 497 g/mol. The molecule has 0 aliphatic rings. The van der Waals surface area contributed by atoms with Crippen LogP contribution in [0.15, 0.2) is 152 Å². The molecule has 0 unspecified atom stereocenters. The Morgan fingerprint density at radius 3 is 1.51 bits per heavy atom. The average molecular weight is 498 g/mol. The standard InChI is InChI=1S/C38H27N/c39-38-35(29-19-8-3-9-20-29)34(28-17-6-2-7-18-28)36-31(27-14-4-1-5-15-27)23-13-25-33(36)37(38)32-24-12-21-26-16-10-11-22-30(26)32/h1-25H,39H2. The van der Waals surface area contributed by atoms with E-state index in [4.69, 9.17) is 5.73 Å². The lowest BCUT2D eigenvalue weighted by atomic mass is 9.80. The van der Waals surface area contributed by atoms with Gasteiger partial charge in [-0.05, 0) is 49.4 Å². The summed E-state index contributed by atoms with van der Waals surface area (Å²) in [5.41, 5.74) is 17.3. The third-order valence-corrected chi connectivity index (χ3v) is 7.64. The Morgan fingerprint density at radius 2 is 0.821 bits per heavy atom. The SMILES string of the molecule is Nc1c(-c2ccccc2)c(-c2ccccc2)c2c(-c3ccccc3)cccc2c1-c1cccc2ccccc12. The first-order chi connectivity index (χ1) is 19.3. The summed E-state index contributed by atoms with van der Waals surface area (Å²) in [5, 5.41) is 4.77. The molecule has 39 heavy (non-hydrogen) atoms. The highest BCUT2D eigenvalue weighted by molar-refractivity contribution is 6.22. The molecule has 1 nitrogen and oxygen atoms in total. The van der Waals surface area contributed by atoms with Gasteiger partial charge in [-0.3, -0.25) is 0 Å². The van der Waals surface area contributed by atoms with Gasteiger partial charge < -0.3 is 5.73 Å². The Kier molecular flexibility index (Phi) is 5.68. The minimum atomic E-state index is 0.800. The van der Waals surface area contributed by atoms with Gasteiger partial charge in [-0.25, -0.2) is 0 Å². The first-order valence-electron chi connectivity index (χ1n) is 13.3. The van der Waals surface area contributed by atoms with E-state index in [-0.39, 0.29) is 0 Å². The molecule has 1 heteroatoms. The van der Waals surface area contributed by atoms with Crippen LogP contribution in [0.25, 0.3) is 66.1 Å². The van der Waals surface area contributed by atoms with E-state index in [0.29, 0.717) is 0 Å². The molecule has 184 valence electrons. The summed E-state index contributed by atoms with van der Waals surface area (Å²) >= 11 is 0. The number of hydrogen-bond acceptors (Lipinski definition) is 1. The Labute approximate surface area is 228 Å². The van der Waals surface area contributed by atoms with E-state index in [1.807, 2.05) is 0 Å². The molecule has 0 amide bonds. The summed E-state index contributed by atoms with van der Waals surface area (Å²) in [4.78, 5) is 0. The van der Waals surface area contributed by atoms with Crippen LogP contribution in [0.3, 0.4) is 0 Å². The molecule has 0 radical (unpaired) electrons. The van der Waals surface area contributed by atoms with E-state index in [1.165, 1.54) is 27.3 Å². The molecular formula is C38H27N. The molecule has 7 aromatic carbocycles. The number of benzene rings is 7. The predicted octanol–water partition coefficient (Wildman–Crippen LogP) is 10.2. The zero-order valence-corrected chi connectivity index (χ0v) is 21.5. The van der Waals surface area contributed by atoms with Crippen molar-refractivity contribution < 1.29 is 0 Å². The van der Waals surface area contributed by atoms with Gasteiger partial charge >= 0.3 is 0 Å². The van der Waals surface area contributed by atoms with Gasteiger partial charge in [0, 0.05) is 22.4 Å². The van der Waals surface area contributed by atoms with Crippen molar-refractivity contribution in [3.05, 3.63) is 152 Å². The van der Waals surface area contributed by atoms with E-state index in [0.717, 1.165) is 44.5 Å². The second-order valence-corrected chi connectivity index (χ2v) is 9.89. The summed E-state index contributed by atoms with van der Waals surface area (Å²) in [6.45, 7) is 0. The zero-order chi connectivity index (χ0) is 26.2. The Bertz CT molecular complexity index is 1930. The van der Waals surface area contributed by atoms with Crippen molar-refractivity contribution in [3.8, 4) is 44.5 Å². The number of anilines is 1. The molecule has 7 rings (SSSR count). The summed E-state index contributed by atoms with van der Waals surface area (Å²) in [6.07, 6.45) is 0. The van der Waals surface area contributed by atoms with Gasteiger partial charge in [-0.15, -0.1) is 0 Å². The first-order valence-corrected chi connectivity index (χ1v) is 13.3. The molecule has 0 spiro atoms. The van der Waals surface area contributed by atoms with Crippen LogP contribution in [0.2, 0.25) is 0 Å². The van der Waals surface area contributed by atoms with Crippen LogP contribution in [0.4, 0.5) is 5.69 Å². The van der Waals surface area contributed by atoms with Crippen molar-refractivity contribution in [1.82, 2.24) is 0 Å². The second-order valence-electron chi connectivity index (χ2n) is 9.89. The fraction of sp³-hybridized carbons (Fsp3) is 0. The first kappa shape index (κ1) is 23.0. The van der Waals surface area contributed by atoms with Gasteiger partial charge in [0.05, 0.1) is 0 Å². The Morgan fingerprint density at radius 1 is 0.333 bits per heavy atom. The highest BCUT2D eigenvalue weighted by Crippen LogP contribution is 2.51. The van der Waals surface area contributed by atoms with E-state index >= 15 is 0 Å². The molecule has 0 heterocycles. The van der Waals surface area contributed by atoms with Crippen LogP contribution in [-0.4, -0.2) is 0 Å². The molecule has 0 aliphatic heterocycles. The molecule has 0 saturated carbocycles. The van der Waals surface area contributed by atoms with Crippen LogP contribution < -0.4 is 5.73 Å². The average Bonchev–Trinajstić information content (AvgIpc) is 3.01. The number of rotatable bonds is 4. The number of nitrogens with two attached hydrogens (primary N) is 1. The maximum absolute atomic E-state index is 7.33. The lowest BCUT2D eigenvalue weighted by Gasteiger charge is -2.24. The Balaban J connectivity index is 1.74. The van der Waals surface area contributed by atoms with Gasteiger partial charge in [0.2, 0.25) is 0 Å². The van der Waals surface area contributed by atoms with Crippen LogP contribution in [0, 0.1) is 0 Å². The van der Waals surface area contributed by atoms with Crippen LogP contribution in [0.1, 0.15) is 0 Å². The minimum Gasteiger partial charge on any atom is -0.398 e.